The van der Waals surface area contributed by atoms with Gasteiger partial charge in [-0.25, -0.2) is 4.98 Å². The maximum atomic E-state index is 4.29. The van der Waals surface area contributed by atoms with Gasteiger partial charge in [-0.1, -0.05) is 11.6 Å². The van der Waals surface area contributed by atoms with Gasteiger partial charge in [-0.15, -0.1) is 11.3 Å². The number of aromatic nitrogens is 1. The van der Waals surface area contributed by atoms with Crippen molar-refractivity contribution in [2.45, 2.75) is 45.6 Å². The average molecular weight is 236 g/mol. The monoisotopic (exact) mass is 236 g/mol. The molecule has 1 aromatic rings. The van der Waals surface area contributed by atoms with Gasteiger partial charge in [-0.2, -0.15) is 0 Å². The number of nitrogens with zero attached hydrogens (tertiary/aromatic N) is 1. The molecule has 2 nitrogen and oxygen atoms in total. The summed E-state index contributed by atoms with van der Waals surface area (Å²) in [5.41, 5.74) is 4.74. The molecule has 88 valence electrons. The topological polar surface area (TPSA) is 24.9 Å². The van der Waals surface area contributed by atoms with E-state index < -0.39 is 0 Å². The Hall–Kier alpha value is -0.670. The summed E-state index contributed by atoms with van der Waals surface area (Å²) in [6.45, 7) is 5.40. The molecule has 0 saturated carbocycles. The zero-order chi connectivity index (χ0) is 11.4. The Morgan fingerprint density at radius 1 is 1.56 bits per heavy atom. The van der Waals surface area contributed by atoms with Gasteiger partial charge in [0.25, 0.3) is 0 Å². The maximum Gasteiger partial charge on any atom is 0.0798 e. The van der Waals surface area contributed by atoms with Gasteiger partial charge >= 0.3 is 0 Å². The van der Waals surface area contributed by atoms with Crippen LogP contribution in [0.2, 0.25) is 0 Å². The van der Waals surface area contributed by atoms with E-state index in [9.17, 15) is 0 Å². The van der Waals surface area contributed by atoms with Crippen LogP contribution in [0.4, 0.5) is 0 Å². The standard InChI is InChI=1S/C13H20N2S/c1-10(13-11(2)15-9-16-13)14-8-7-12-5-3-4-6-12/h5,9-10,14H,3-4,6-8H2,1-2H3. The molecule has 1 unspecified atom stereocenters. The number of hydrogen-bond donors (Lipinski definition) is 1. The molecule has 1 atom stereocenters. The number of aryl methyl sites for hydroxylation is 1. The van der Waals surface area contributed by atoms with E-state index in [1.807, 2.05) is 5.51 Å². The molecule has 3 heteroatoms. The minimum atomic E-state index is 0.439. The van der Waals surface area contributed by atoms with Crippen molar-refractivity contribution >= 4 is 11.3 Å². The van der Waals surface area contributed by atoms with Crippen LogP contribution in [0.5, 0.6) is 0 Å². The summed E-state index contributed by atoms with van der Waals surface area (Å²) in [5.74, 6) is 0. The van der Waals surface area contributed by atoms with E-state index in [1.54, 1.807) is 16.9 Å². The second-order valence-corrected chi connectivity index (χ2v) is 5.37. The first-order valence-corrected chi connectivity index (χ1v) is 6.96. The largest absolute Gasteiger partial charge is 0.309 e. The Balaban J connectivity index is 1.75. The fourth-order valence-electron chi connectivity index (χ4n) is 2.23. The Kier molecular flexibility index (Phi) is 4.13. The lowest BCUT2D eigenvalue weighted by molar-refractivity contribution is 0.577. The molecule has 1 heterocycles. The minimum Gasteiger partial charge on any atom is -0.309 e. The van der Waals surface area contributed by atoms with Gasteiger partial charge in [0.2, 0.25) is 0 Å². The second kappa shape index (κ2) is 5.60. The molecule has 0 spiro atoms. The fraction of sp³-hybridized carbons (Fsp3) is 0.615. The molecule has 0 aromatic carbocycles. The fourth-order valence-corrected chi connectivity index (χ4v) is 3.07. The summed E-state index contributed by atoms with van der Waals surface area (Å²) >= 11 is 1.75. The third-order valence-corrected chi connectivity index (χ3v) is 4.32. The first-order chi connectivity index (χ1) is 7.77. The summed E-state index contributed by atoms with van der Waals surface area (Å²) in [4.78, 5) is 5.67. The zero-order valence-electron chi connectivity index (χ0n) is 10.1. The van der Waals surface area contributed by atoms with Crippen LogP contribution in [0.1, 0.15) is 49.2 Å². The highest BCUT2D eigenvalue weighted by Gasteiger charge is 2.10. The minimum absolute atomic E-state index is 0.439. The van der Waals surface area contributed by atoms with Gasteiger partial charge in [0.1, 0.15) is 0 Å². The summed E-state index contributed by atoms with van der Waals surface area (Å²) in [7, 11) is 0. The molecule has 0 radical (unpaired) electrons. The molecular formula is C13H20N2S. The van der Waals surface area contributed by atoms with E-state index in [0.29, 0.717) is 6.04 Å². The highest BCUT2D eigenvalue weighted by atomic mass is 32.1. The molecule has 0 bridgehead atoms. The van der Waals surface area contributed by atoms with Crippen molar-refractivity contribution < 1.29 is 0 Å². The van der Waals surface area contributed by atoms with Crippen molar-refractivity contribution in [3.8, 4) is 0 Å². The van der Waals surface area contributed by atoms with Crippen molar-refractivity contribution in [1.82, 2.24) is 10.3 Å². The lowest BCUT2D eigenvalue weighted by Gasteiger charge is -2.13. The molecule has 0 fully saturated rings. The van der Waals surface area contributed by atoms with Gasteiger partial charge in [-0.3, -0.25) is 0 Å². The lowest BCUT2D eigenvalue weighted by atomic mass is 10.1. The number of hydrogen-bond acceptors (Lipinski definition) is 3. The summed E-state index contributed by atoms with van der Waals surface area (Å²) in [5, 5.41) is 3.58. The summed E-state index contributed by atoms with van der Waals surface area (Å²) in [6.07, 6.45) is 7.58. The van der Waals surface area contributed by atoms with E-state index in [1.165, 1.54) is 36.3 Å². The van der Waals surface area contributed by atoms with Crippen LogP contribution in [-0.2, 0) is 0 Å². The first-order valence-electron chi connectivity index (χ1n) is 6.08. The maximum absolute atomic E-state index is 4.29. The summed E-state index contributed by atoms with van der Waals surface area (Å²) in [6, 6.07) is 0.439. The average Bonchev–Trinajstić information content (AvgIpc) is 2.88. The molecular weight excluding hydrogens is 216 g/mol. The van der Waals surface area contributed by atoms with E-state index >= 15 is 0 Å². The third-order valence-electron chi connectivity index (χ3n) is 3.21. The predicted octanol–water partition coefficient (Wildman–Crippen LogP) is 3.60. The van der Waals surface area contributed by atoms with Crippen molar-refractivity contribution in [3.63, 3.8) is 0 Å². The molecule has 0 aliphatic heterocycles. The first kappa shape index (κ1) is 11.8. The molecule has 16 heavy (non-hydrogen) atoms. The van der Waals surface area contributed by atoms with E-state index in [-0.39, 0.29) is 0 Å². The second-order valence-electron chi connectivity index (χ2n) is 4.48. The SMILES string of the molecule is Cc1ncsc1C(C)NCCC1=CCCC1. The molecule has 1 N–H and O–H groups in total. The van der Waals surface area contributed by atoms with E-state index in [2.05, 4.69) is 30.2 Å². The van der Waals surface area contributed by atoms with E-state index in [0.717, 1.165) is 6.54 Å². The van der Waals surface area contributed by atoms with Gasteiger partial charge in [0.05, 0.1) is 11.2 Å². The Labute approximate surface area is 102 Å². The quantitative estimate of drug-likeness (QED) is 0.790. The zero-order valence-corrected chi connectivity index (χ0v) is 10.9. The van der Waals surface area contributed by atoms with Crippen LogP contribution in [0.3, 0.4) is 0 Å². The molecule has 2 rings (SSSR count). The van der Waals surface area contributed by atoms with Gasteiger partial charge in [-0.05, 0) is 46.1 Å². The van der Waals surface area contributed by atoms with Crippen LogP contribution in [0, 0.1) is 6.92 Å². The number of rotatable bonds is 5. The van der Waals surface area contributed by atoms with Gasteiger partial charge in [0.15, 0.2) is 0 Å². The van der Waals surface area contributed by atoms with Crippen molar-refractivity contribution in [3.05, 3.63) is 27.7 Å². The van der Waals surface area contributed by atoms with Crippen molar-refractivity contribution in [2.24, 2.45) is 0 Å². The number of thiazole rings is 1. The van der Waals surface area contributed by atoms with Gasteiger partial charge < -0.3 is 5.32 Å². The van der Waals surface area contributed by atoms with Crippen LogP contribution in [0.15, 0.2) is 17.2 Å². The van der Waals surface area contributed by atoms with Crippen LogP contribution in [-0.4, -0.2) is 11.5 Å². The third kappa shape index (κ3) is 2.92. The van der Waals surface area contributed by atoms with Crippen molar-refractivity contribution in [2.75, 3.05) is 6.54 Å². The Morgan fingerprint density at radius 3 is 3.06 bits per heavy atom. The highest BCUT2D eigenvalue weighted by molar-refractivity contribution is 7.09. The Bertz CT molecular complexity index is 368. The molecule has 0 amide bonds. The van der Waals surface area contributed by atoms with E-state index in [4.69, 9.17) is 0 Å². The molecule has 1 aliphatic carbocycles. The molecule has 0 saturated heterocycles. The van der Waals surface area contributed by atoms with Crippen LogP contribution >= 0.6 is 11.3 Å². The van der Waals surface area contributed by atoms with Crippen molar-refractivity contribution in [1.29, 1.82) is 0 Å². The highest BCUT2D eigenvalue weighted by Crippen LogP contribution is 2.22. The molecule has 1 aliphatic rings. The normalized spacial score (nSPS) is 17.5. The number of allylic oxidation sites excluding steroid dienone is 1. The van der Waals surface area contributed by atoms with Crippen LogP contribution in [0.25, 0.3) is 0 Å². The predicted molar refractivity (Wildman–Crippen MR) is 69.8 cm³/mol. The number of nitrogens with one attached hydrogen (secondary N) is 1. The smallest absolute Gasteiger partial charge is 0.0798 e. The summed E-state index contributed by atoms with van der Waals surface area (Å²) < 4.78 is 0. The van der Waals surface area contributed by atoms with Crippen LogP contribution < -0.4 is 5.32 Å². The van der Waals surface area contributed by atoms with Gasteiger partial charge in [0, 0.05) is 10.9 Å². The lowest BCUT2D eigenvalue weighted by Crippen LogP contribution is -2.19. The Morgan fingerprint density at radius 2 is 2.44 bits per heavy atom. The molecule has 1 aromatic heterocycles.